The number of nitrogens with one attached hydrogen (secondary N) is 2. The summed E-state index contributed by atoms with van der Waals surface area (Å²) in [6.45, 7) is 7.32. The first-order valence-electron chi connectivity index (χ1n) is 8.33. The van der Waals surface area contributed by atoms with Crippen molar-refractivity contribution in [1.29, 1.82) is 0 Å². The van der Waals surface area contributed by atoms with E-state index in [0.717, 1.165) is 23.5 Å². The molecule has 1 heterocycles. The lowest BCUT2D eigenvalue weighted by Crippen LogP contribution is -2.40. The number of hydrazine groups is 1. The molecule has 24 heavy (non-hydrogen) atoms. The van der Waals surface area contributed by atoms with Crippen LogP contribution < -0.4 is 15.8 Å². The minimum atomic E-state index is 0.203. The van der Waals surface area contributed by atoms with Gasteiger partial charge in [-0.05, 0) is 48.4 Å². The van der Waals surface area contributed by atoms with Crippen LogP contribution in [-0.2, 0) is 0 Å². The number of anilines is 2. The first-order valence-corrected chi connectivity index (χ1v) is 8.33. The Morgan fingerprint density at radius 2 is 1.71 bits per heavy atom. The zero-order valence-corrected chi connectivity index (χ0v) is 13.8. The number of para-hydroxylation sites is 2. The molecule has 0 aromatic heterocycles. The van der Waals surface area contributed by atoms with E-state index in [0.29, 0.717) is 0 Å². The van der Waals surface area contributed by atoms with E-state index in [4.69, 9.17) is 0 Å². The minimum absolute atomic E-state index is 0.203. The summed E-state index contributed by atoms with van der Waals surface area (Å²) in [7, 11) is 0. The highest BCUT2D eigenvalue weighted by molar-refractivity contribution is 5.92. The van der Waals surface area contributed by atoms with Crippen molar-refractivity contribution in [3.63, 3.8) is 0 Å². The number of likely N-dealkylation sites (N-methyl/N-ethyl adjacent to an activating group) is 1. The van der Waals surface area contributed by atoms with Gasteiger partial charge in [0.2, 0.25) is 0 Å². The van der Waals surface area contributed by atoms with E-state index < -0.39 is 0 Å². The monoisotopic (exact) mass is 315 g/mol. The van der Waals surface area contributed by atoms with Gasteiger partial charge in [-0.2, -0.15) is 0 Å². The molecule has 1 aliphatic carbocycles. The van der Waals surface area contributed by atoms with Crippen molar-refractivity contribution in [1.82, 2.24) is 5.43 Å². The lowest BCUT2D eigenvalue weighted by Gasteiger charge is -2.31. The lowest BCUT2D eigenvalue weighted by atomic mass is 9.92. The number of allylic oxidation sites excluding steroid dienone is 3. The summed E-state index contributed by atoms with van der Waals surface area (Å²) < 4.78 is 0. The summed E-state index contributed by atoms with van der Waals surface area (Å²) in [5.74, 6) is 0. The molecule has 0 radical (unpaired) electrons. The molecule has 0 fully saturated rings. The summed E-state index contributed by atoms with van der Waals surface area (Å²) in [5.41, 5.74) is 13.8. The van der Waals surface area contributed by atoms with Gasteiger partial charge in [-0.25, -0.2) is 0 Å². The molecule has 2 aliphatic rings. The third kappa shape index (κ3) is 2.38. The van der Waals surface area contributed by atoms with E-state index in [-0.39, 0.29) is 6.04 Å². The molecule has 0 spiro atoms. The lowest BCUT2D eigenvalue weighted by molar-refractivity contribution is 0.752. The Bertz CT molecular complexity index is 833. The van der Waals surface area contributed by atoms with Crippen molar-refractivity contribution in [2.75, 3.05) is 16.9 Å². The van der Waals surface area contributed by atoms with Crippen LogP contribution in [0.1, 0.15) is 12.5 Å². The second kappa shape index (κ2) is 5.93. The number of rotatable bonds is 4. The van der Waals surface area contributed by atoms with Gasteiger partial charge >= 0.3 is 0 Å². The van der Waals surface area contributed by atoms with E-state index in [1.165, 1.54) is 16.8 Å². The van der Waals surface area contributed by atoms with Gasteiger partial charge in [-0.1, -0.05) is 43.0 Å². The molecular formula is C21H21N3. The highest BCUT2D eigenvalue weighted by Crippen LogP contribution is 2.44. The molecule has 0 bridgehead atoms. The largest absolute Gasteiger partial charge is 0.359 e. The zero-order valence-electron chi connectivity index (χ0n) is 13.8. The highest BCUT2D eigenvalue weighted by Gasteiger charge is 2.36. The van der Waals surface area contributed by atoms with Gasteiger partial charge < -0.3 is 15.8 Å². The number of benzene rings is 2. The molecular weight excluding hydrogens is 294 g/mol. The fourth-order valence-corrected chi connectivity index (χ4v) is 3.56. The Kier molecular flexibility index (Phi) is 3.62. The van der Waals surface area contributed by atoms with Gasteiger partial charge in [-0.15, -0.1) is 0 Å². The summed E-state index contributed by atoms with van der Waals surface area (Å²) in [6, 6.07) is 19.0. The molecule has 2 aromatic rings. The van der Waals surface area contributed by atoms with E-state index in [9.17, 15) is 0 Å². The maximum atomic E-state index is 4.16. The van der Waals surface area contributed by atoms with Crippen LogP contribution >= 0.6 is 0 Å². The molecule has 3 heteroatoms. The Labute approximate surface area is 143 Å². The van der Waals surface area contributed by atoms with Crippen LogP contribution in [0.4, 0.5) is 11.4 Å². The van der Waals surface area contributed by atoms with Crippen LogP contribution in [-0.4, -0.2) is 12.6 Å². The van der Waals surface area contributed by atoms with Crippen LogP contribution in [0.25, 0.3) is 5.57 Å². The number of hydrogen-bond donors (Lipinski definition) is 2. The van der Waals surface area contributed by atoms with Gasteiger partial charge in [0.15, 0.2) is 0 Å². The zero-order chi connectivity index (χ0) is 16.5. The summed E-state index contributed by atoms with van der Waals surface area (Å²) in [4.78, 5) is 2.43. The fraction of sp³-hybridized carbons (Fsp3) is 0.143. The number of hydrogen-bond acceptors (Lipinski definition) is 3. The molecule has 1 aliphatic heterocycles. The predicted molar refractivity (Wildman–Crippen MR) is 102 cm³/mol. The van der Waals surface area contributed by atoms with Crippen molar-refractivity contribution >= 4 is 16.9 Å². The topological polar surface area (TPSA) is 27.3 Å². The van der Waals surface area contributed by atoms with Crippen LogP contribution in [0.5, 0.6) is 0 Å². The van der Waals surface area contributed by atoms with Crippen LogP contribution in [0.3, 0.4) is 0 Å². The molecule has 2 N–H and O–H groups in total. The summed E-state index contributed by atoms with van der Waals surface area (Å²) in [6.07, 6.45) is 4.32. The molecule has 0 saturated heterocycles. The number of fused-ring (bicyclic) bond motifs is 3. The molecule has 0 amide bonds. The summed E-state index contributed by atoms with van der Waals surface area (Å²) >= 11 is 0. The second-order valence-electron chi connectivity index (χ2n) is 6.10. The van der Waals surface area contributed by atoms with Crippen molar-refractivity contribution in [3.05, 3.63) is 90.2 Å². The molecule has 1 atom stereocenters. The molecule has 0 saturated carbocycles. The Hall–Kier alpha value is -2.94. The second-order valence-corrected chi connectivity index (χ2v) is 6.10. The Balaban J connectivity index is 1.66. The molecule has 1 unspecified atom stereocenters. The molecule has 4 rings (SSSR count). The van der Waals surface area contributed by atoms with Gasteiger partial charge in [0, 0.05) is 17.8 Å². The third-order valence-electron chi connectivity index (χ3n) is 4.57. The third-order valence-corrected chi connectivity index (χ3v) is 4.57. The van der Waals surface area contributed by atoms with Crippen LogP contribution in [0.15, 0.2) is 84.6 Å². The first-order chi connectivity index (χ1) is 11.8. The van der Waals surface area contributed by atoms with E-state index in [1.54, 1.807) is 0 Å². The molecule has 3 nitrogen and oxygen atoms in total. The Morgan fingerprint density at radius 3 is 2.50 bits per heavy atom. The highest BCUT2D eigenvalue weighted by atomic mass is 15.4. The average molecular weight is 315 g/mol. The van der Waals surface area contributed by atoms with Crippen LogP contribution in [0, 0.1) is 0 Å². The minimum Gasteiger partial charge on any atom is -0.359 e. The Morgan fingerprint density at radius 1 is 0.958 bits per heavy atom. The molecule has 2 aromatic carbocycles. The average Bonchev–Trinajstić information content (AvgIpc) is 2.94. The van der Waals surface area contributed by atoms with Crippen molar-refractivity contribution in [3.8, 4) is 0 Å². The van der Waals surface area contributed by atoms with Gasteiger partial charge in [0.05, 0.1) is 17.4 Å². The van der Waals surface area contributed by atoms with Crippen molar-refractivity contribution in [2.45, 2.75) is 13.0 Å². The van der Waals surface area contributed by atoms with Gasteiger partial charge in [-0.3, -0.25) is 0 Å². The maximum absolute atomic E-state index is 4.16. The first kappa shape index (κ1) is 14.6. The van der Waals surface area contributed by atoms with Gasteiger partial charge in [0.1, 0.15) is 0 Å². The number of nitrogens with zero attached hydrogens (tertiary/aromatic N) is 1. The van der Waals surface area contributed by atoms with Gasteiger partial charge in [0.25, 0.3) is 0 Å². The van der Waals surface area contributed by atoms with E-state index in [2.05, 4.69) is 65.7 Å². The van der Waals surface area contributed by atoms with Crippen LogP contribution in [0.2, 0.25) is 0 Å². The SMILES string of the molecule is C=C1C=C(NNc2ccccc2)C2C(=C1)c1ccccc1N2CC. The molecule has 120 valence electrons. The standard InChI is InChI=1S/C21H21N3/c1-3-24-20-12-8-7-11-17(20)18-13-15(2)14-19(21(18)24)23-22-16-9-5-4-6-10-16/h4-14,21-23H,2-3H2,1H3. The fourth-order valence-electron chi connectivity index (χ4n) is 3.56. The van der Waals surface area contributed by atoms with E-state index in [1.807, 2.05) is 30.3 Å². The quantitative estimate of drug-likeness (QED) is 0.822. The van der Waals surface area contributed by atoms with Crippen molar-refractivity contribution < 1.29 is 0 Å². The normalized spacial score (nSPS) is 18.5. The predicted octanol–water partition coefficient (Wildman–Crippen LogP) is 4.35. The summed E-state index contributed by atoms with van der Waals surface area (Å²) in [5, 5.41) is 0. The van der Waals surface area contributed by atoms with Crippen molar-refractivity contribution in [2.24, 2.45) is 0 Å². The maximum Gasteiger partial charge on any atom is 0.0966 e. The smallest absolute Gasteiger partial charge is 0.0966 e. The van der Waals surface area contributed by atoms with E-state index >= 15 is 0 Å².